The van der Waals surface area contributed by atoms with Crippen LogP contribution in [0.3, 0.4) is 0 Å². The molecule has 0 spiro atoms. The van der Waals surface area contributed by atoms with Crippen molar-refractivity contribution in [2.24, 2.45) is 5.41 Å². The first-order valence-corrected chi connectivity index (χ1v) is 6.77. The molecular formula is C10H17NO2S. The van der Waals surface area contributed by atoms with Gasteiger partial charge in [0.15, 0.2) is 0 Å². The third-order valence-corrected chi connectivity index (χ3v) is 5.33. The van der Waals surface area contributed by atoms with Gasteiger partial charge in [-0.05, 0) is 19.8 Å². The molecule has 1 aliphatic carbocycles. The van der Waals surface area contributed by atoms with Crippen LogP contribution in [-0.2, 0) is 10.0 Å². The Bertz CT molecular complexity index is 387. The second-order valence-corrected chi connectivity index (χ2v) is 6.89. The average Bonchev–Trinajstić information content (AvgIpc) is 2.04. The van der Waals surface area contributed by atoms with Crippen molar-refractivity contribution in [1.29, 1.82) is 0 Å². The molecule has 0 saturated carbocycles. The minimum atomic E-state index is -3.03. The van der Waals surface area contributed by atoms with E-state index in [1.165, 1.54) is 6.26 Å². The van der Waals surface area contributed by atoms with E-state index in [0.29, 0.717) is 6.54 Å². The molecule has 0 N–H and O–H groups in total. The monoisotopic (exact) mass is 215 g/mol. The van der Waals surface area contributed by atoms with Crippen molar-refractivity contribution in [3.05, 3.63) is 12.2 Å². The number of rotatable bonds is 1. The maximum atomic E-state index is 11.5. The average molecular weight is 215 g/mol. The Morgan fingerprint density at radius 2 is 1.79 bits per heavy atom. The highest BCUT2D eigenvalue weighted by atomic mass is 32.2. The van der Waals surface area contributed by atoms with Crippen LogP contribution in [0.25, 0.3) is 0 Å². The van der Waals surface area contributed by atoms with Crippen molar-refractivity contribution in [1.82, 2.24) is 4.31 Å². The van der Waals surface area contributed by atoms with Crippen LogP contribution in [0.5, 0.6) is 0 Å². The summed E-state index contributed by atoms with van der Waals surface area (Å²) in [6.07, 6.45) is 7.41. The van der Waals surface area contributed by atoms with Gasteiger partial charge in [-0.2, -0.15) is 4.31 Å². The number of hydrogen-bond acceptors (Lipinski definition) is 2. The molecular weight excluding hydrogens is 198 g/mol. The molecule has 1 heterocycles. The van der Waals surface area contributed by atoms with Gasteiger partial charge in [-0.15, -0.1) is 0 Å². The molecule has 0 aromatic heterocycles. The molecule has 0 bridgehead atoms. The summed E-state index contributed by atoms with van der Waals surface area (Å²) in [6, 6.07) is 0. The van der Waals surface area contributed by atoms with E-state index in [9.17, 15) is 8.42 Å². The zero-order valence-corrected chi connectivity index (χ0v) is 9.76. The molecule has 14 heavy (non-hydrogen) atoms. The maximum absolute atomic E-state index is 11.5. The second kappa shape index (κ2) is 2.61. The molecule has 80 valence electrons. The lowest BCUT2D eigenvalue weighted by atomic mass is 9.59. The molecule has 1 fully saturated rings. The quantitative estimate of drug-likeness (QED) is 0.620. The van der Waals surface area contributed by atoms with Crippen LogP contribution in [0.2, 0.25) is 0 Å². The first kappa shape index (κ1) is 10.2. The van der Waals surface area contributed by atoms with Gasteiger partial charge in [-0.1, -0.05) is 19.1 Å². The van der Waals surface area contributed by atoms with E-state index in [2.05, 4.69) is 26.0 Å². The van der Waals surface area contributed by atoms with Crippen LogP contribution in [0, 0.1) is 5.41 Å². The van der Waals surface area contributed by atoms with Crippen LogP contribution in [0.1, 0.15) is 26.7 Å². The van der Waals surface area contributed by atoms with Crippen molar-refractivity contribution >= 4 is 10.0 Å². The summed E-state index contributed by atoms with van der Waals surface area (Å²) in [5.74, 6) is 0. The maximum Gasteiger partial charge on any atom is 0.211 e. The second-order valence-electron chi connectivity index (χ2n) is 4.98. The minimum Gasteiger partial charge on any atom is -0.212 e. The van der Waals surface area contributed by atoms with Gasteiger partial charge in [0.25, 0.3) is 0 Å². The summed E-state index contributed by atoms with van der Waals surface area (Å²) in [5.41, 5.74) is -0.0415. The van der Waals surface area contributed by atoms with E-state index in [-0.39, 0.29) is 11.0 Å². The number of allylic oxidation sites excluding steroid dienone is 1. The molecule has 0 aromatic rings. The van der Waals surface area contributed by atoms with Gasteiger partial charge in [-0.3, -0.25) is 0 Å². The largest absolute Gasteiger partial charge is 0.212 e. The first-order chi connectivity index (χ1) is 6.30. The molecule has 0 radical (unpaired) electrons. The molecule has 2 aliphatic rings. The minimum absolute atomic E-state index is 0.144. The Balaban J connectivity index is 2.36. The molecule has 2 atom stereocenters. The Labute approximate surface area is 85.8 Å². The van der Waals surface area contributed by atoms with Crippen LogP contribution in [0.4, 0.5) is 0 Å². The SMILES string of the molecule is C[C@@]12CC=CC[C@@]1(C)N(S(C)(=O)=O)C2. The van der Waals surface area contributed by atoms with Crippen LogP contribution in [-0.4, -0.2) is 31.1 Å². The third kappa shape index (κ3) is 1.10. The molecule has 0 amide bonds. The van der Waals surface area contributed by atoms with E-state index in [1.807, 2.05) is 0 Å². The van der Waals surface area contributed by atoms with Gasteiger partial charge in [0.05, 0.1) is 6.26 Å². The first-order valence-electron chi connectivity index (χ1n) is 4.92. The van der Waals surface area contributed by atoms with Gasteiger partial charge < -0.3 is 0 Å². The lowest BCUT2D eigenvalue weighted by molar-refractivity contribution is -0.0803. The molecule has 2 rings (SSSR count). The smallest absolute Gasteiger partial charge is 0.211 e. The number of nitrogens with zero attached hydrogens (tertiary/aromatic N) is 1. The third-order valence-electron chi connectivity index (χ3n) is 3.99. The number of sulfonamides is 1. The van der Waals surface area contributed by atoms with Gasteiger partial charge in [0.2, 0.25) is 10.0 Å². The summed E-state index contributed by atoms with van der Waals surface area (Å²) in [6.45, 7) is 4.91. The summed E-state index contributed by atoms with van der Waals surface area (Å²) in [4.78, 5) is 0. The number of fused-ring (bicyclic) bond motifs is 1. The van der Waals surface area contributed by atoms with Crippen molar-refractivity contribution in [2.45, 2.75) is 32.2 Å². The highest BCUT2D eigenvalue weighted by Gasteiger charge is 2.61. The van der Waals surface area contributed by atoms with Crippen LogP contribution < -0.4 is 0 Å². The highest BCUT2D eigenvalue weighted by Crippen LogP contribution is 2.54. The van der Waals surface area contributed by atoms with Gasteiger partial charge in [0, 0.05) is 17.5 Å². The van der Waals surface area contributed by atoms with E-state index in [1.54, 1.807) is 4.31 Å². The van der Waals surface area contributed by atoms with Gasteiger partial charge >= 0.3 is 0 Å². The molecule has 1 saturated heterocycles. The normalized spacial score (nSPS) is 43.1. The van der Waals surface area contributed by atoms with Crippen molar-refractivity contribution in [3.63, 3.8) is 0 Å². The standard InChI is InChI=1S/C10H17NO2S/c1-9-6-4-5-7-10(9,2)11(8-9)14(3,12)13/h4-5H,6-8H2,1-3H3/t9-,10+/m0/s1. The lowest BCUT2D eigenvalue weighted by Crippen LogP contribution is -2.73. The molecule has 4 heteroatoms. The van der Waals surface area contributed by atoms with E-state index >= 15 is 0 Å². The fourth-order valence-electron chi connectivity index (χ4n) is 2.64. The van der Waals surface area contributed by atoms with Gasteiger partial charge in [-0.25, -0.2) is 8.42 Å². The summed E-state index contributed by atoms with van der Waals surface area (Å²) >= 11 is 0. The Kier molecular flexibility index (Phi) is 1.90. The molecule has 0 unspecified atom stereocenters. The topological polar surface area (TPSA) is 37.4 Å². The van der Waals surface area contributed by atoms with E-state index in [0.717, 1.165) is 12.8 Å². The predicted octanol–water partition coefficient (Wildman–Crippen LogP) is 1.38. The zero-order chi connectivity index (χ0) is 10.6. The zero-order valence-electron chi connectivity index (χ0n) is 8.95. The Hall–Kier alpha value is -0.350. The number of hydrogen-bond donors (Lipinski definition) is 0. The fourth-order valence-corrected chi connectivity index (χ4v) is 4.19. The Morgan fingerprint density at radius 3 is 2.29 bits per heavy atom. The van der Waals surface area contributed by atoms with Crippen molar-refractivity contribution in [2.75, 3.05) is 12.8 Å². The molecule has 3 nitrogen and oxygen atoms in total. The predicted molar refractivity (Wildman–Crippen MR) is 56.4 cm³/mol. The van der Waals surface area contributed by atoms with Crippen molar-refractivity contribution in [3.8, 4) is 0 Å². The van der Waals surface area contributed by atoms with E-state index in [4.69, 9.17) is 0 Å². The Morgan fingerprint density at radius 1 is 1.21 bits per heavy atom. The lowest BCUT2D eigenvalue weighted by Gasteiger charge is -2.63. The molecule has 1 aliphatic heterocycles. The molecule has 0 aromatic carbocycles. The van der Waals surface area contributed by atoms with Gasteiger partial charge in [0.1, 0.15) is 0 Å². The highest BCUT2D eigenvalue weighted by molar-refractivity contribution is 7.88. The fraction of sp³-hybridized carbons (Fsp3) is 0.800. The van der Waals surface area contributed by atoms with E-state index < -0.39 is 10.0 Å². The van der Waals surface area contributed by atoms with Crippen LogP contribution >= 0.6 is 0 Å². The summed E-state index contributed by atoms with van der Waals surface area (Å²) in [5, 5.41) is 0. The summed E-state index contributed by atoms with van der Waals surface area (Å²) in [7, 11) is -3.03. The van der Waals surface area contributed by atoms with Crippen LogP contribution in [0.15, 0.2) is 12.2 Å². The van der Waals surface area contributed by atoms with Crippen molar-refractivity contribution < 1.29 is 8.42 Å². The summed E-state index contributed by atoms with van der Waals surface area (Å²) < 4.78 is 24.7.